The summed E-state index contributed by atoms with van der Waals surface area (Å²) in [4.78, 5) is 125. The molecule has 19 nitrogen and oxygen atoms in total. The van der Waals surface area contributed by atoms with Gasteiger partial charge in [-0.05, 0) is 93.9 Å². The maximum Gasteiger partial charge on any atom is 0.408 e. The van der Waals surface area contributed by atoms with Crippen LogP contribution in [0, 0.1) is 35.5 Å². The average molecular weight is 1010 g/mol. The van der Waals surface area contributed by atoms with Crippen molar-refractivity contribution < 1.29 is 52.6 Å². The Kier molecular flexibility index (Phi) is 25.2. The van der Waals surface area contributed by atoms with Gasteiger partial charge in [-0.3, -0.25) is 33.6 Å². The van der Waals surface area contributed by atoms with Gasteiger partial charge in [0.2, 0.25) is 41.4 Å². The van der Waals surface area contributed by atoms with Crippen molar-refractivity contribution in [2.24, 2.45) is 35.5 Å². The Morgan fingerprint density at radius 1 is 0.597 bits per heavy atom. The predicted molar refractivity (Wildman–Crippen MR) is 275 cm³/mol. The number of nitrogens with one attached hydrogen (secondary N) is 7. The van der Waals surface area contributed by atoms with Crippen LogP contribution >= 0.6 is 0 Å². The first-order valence-electron chi connectivity index (χ1n) is 25.7. The molecule has 1 aromatic rings. The molecule has 1 heterocycles. The molecule has 1 fully saturated rings. The molecule has 72 heavy (non-hydrogen) atoms. The molecule has 0 bridgehead atoms. The van der Waals surface area contributed by atoms with Crippen molar-refractivity contribution in [1.82, 2.24) is 42.1 Å². The van der Waals surface area contributed by atoms with Gasteiger partial charge in [0.05, 0.1) is 7.11 Å². The van der Waals surface area contributed by atoms with Crippen LogP contribution < -0.4 is 37.2 Å². The smallest absolute Gasteiger partial charge is 0.408 e. The number of benzene rings is 1. The number of alkyl carbamates (subject to hydrolysis) is 1. The van der Waals surface area contributed by atoms with Crippen LogP contribution in [0.2, 0.25) is 0 Å². The van der Waals surface area contributed by atoms with Crippen molar-refractivity contribution in [2.75, 3.05) is 13.7 Å². The largest absolute Gasteiger partial charge is 0.467 e. The van der Waals surface area contributed by atoms with E-state index in [4.69, 9.17) is 9.47 Å². The van der Waals surface area contributed by atoms with Crippen molar-refractivity contribution in [1.29, 1.82) is 0 Å². The van der Waals surface area contributed by atoms with Crippen LogP contribution in [0.1, 0.15) is 142 Å². The van der Waals surface area contributed by atoms with Gasteiger partial charge in [0.1, 0.15) is 47.9 Å². The van der Waals surface area contributed by atoms with Crippen molar-refractivity contribution >= 4 is 53.4 Å². The van der Waals surface area contributed by atoms with Gasteiger partial charge in [0, 0.05) is 19.0 Å². The van der Waals surface area contributed by atoms with E-state index in [0.717, 1.165) is 5.56 Å². The zero-order valence-electron chi connectivity index (χ0n) is 45.9. The number of likely N-dealkylation sites (tertiary alicyclic amines) is 1. The first-order valence-corrected chi connectivity index (χ1v) is 25.7. The van der Waals surface area contributed by atoms with Gasteiger partial charge >= 0.3 is 12.1 Å². The number of amides is 8. The van der Waals surface area contributed by atoms with Crippen LogP contribution in [0.15, 0.2) is 30.3 Å². The van der Waals surface area contributed by atoms with Crippen LogP contribution in [0.4, 0.5) is 4.79 Å². The van der Waals surface area contributed by atoms with Crippen molar-refractivity contribution in [3.8, 4) is 0 Å². The molecule has 0 aliphatic carbocycles. The zero-order valence-corrected chi connectivity index (χ0v) is 45.9. The van der Waals surface area contributed by atoms with Gasteiger partial charge < -0.3 is 51.6 Å². The van der Waals surface area contributed by atoms with Crippen LogP contribution in [0.5, 0.6) is 0 Å². The molecule has 0 spiro atoms. The number of hydrogen-bond donors (Lipinski definition) is 7. The molecule has 0 radical (unpaired) electrons. The Bertz CT molecular complexity index is 1980. The summed E-state index contributed by atoms with van der Waals surface area (Å²) in [5, 5.41) is 19.6. The summed E-state index contributed by atoms with van der Waals surface area (Å²) in [5.74, 6) is -6.03. The number of esters is 1. The highest BCUT2D eigenvalue weighted by molar-refractivity contribution is 5.96. The Hall–Kier alpha value is -5.75. The first-order chi connectivity index (χ1) is 33.4. The third kappa shape index (κ3) is 20.8. The van der Waals surface area contributed by atoms with E-state index in [2.05, 4.69) is 37.2 Å². The van der Waals surface area contributed by atoms with Crippen LogP contribution in [-0.4, -0.2) is 126 Å². The molecule has 406 valence electrons. The normalized spacial score (nSPS) is 16.8. The molecule has 19 heteroatoms. The molecule has 1 aliphatic rings. The molecule has 1 saturated heterocycles. The molecule has 1 aliphatic heterocycles. The number of methoxy groups -OCH3 is 1. The maximum absolute atomic E-state index is 14.5. The fourth-order valence-electron chi connectivity index (χ4n) is 8.39. The quantitative estimate of drug-likeness (QED) is 0.0644. The minimum absolute atomic E-state index is 0.00731. The number of carbonyl (C=O) groups is 9. The first kappa shape index (κ1) is 62.4. The number of rotatable bonds is 26. The van der Waals surface area contributed by atoms with Crippen molar-refractivity contribution in [3.05, 3.63) is 35.9 Å². The van der Waals surface area contributed by atoms with Crippen molar-refractivity contribution in [3.63, 3.8) is 0 Å². The lowest BCUT2D eigenvalue weighted by molar-refractivity contribution is -0.147. The summed E-state index contributed by atoms with van der Waals surface area (Å²) in [6.45, 7) is 27.0. The molecule has 8 atom stereocenters. The Morgan fingerprint density at radius 3 is 1.50 bits per heavy atom. The maximum atomic E-state index is 14.5. The summed E-state index contributed by atoms with van der Waals surface area (Å²) in [6.07, 6.45) is 0.576. The molecular formula is C53H88N8O11. The van der Waals surface area contributed by atoms with E-state index in [1.165, 1.54) is 12.0 Å². The highest BCUT2D eigenvalue weighted by Gasteiger charge is 2.41. The molecule has 7 N–H and O–H groups in total. The fraction of sp³-hybridized carbons (Fsp3) is 0.717. The second-order valence-corrected chi connectivity index (χ2v) is 22.3. The fourth-order valence-corrected chi connectivity index (χ4v) is 8.39. The number of nitrogens with zero attached hydrogens (tertiary/aromatic N) is 1. The third-order valence-electron chi connectivity index (χ3n) is 12.2. The van der Waals surface area contributed by atoms with Gasteiger partial charge in [0.25, 0.3) is 0 Å². The lowest BCUT2D eigenvalue weighted by atomic mass is 9.97. The highest BCUT2D eigenvalue weighted by Crippen LogP contribution is 2.22. The second kappa shape index (κ2) is 29.1. The summed E-state index contributed by atoms with van der Waals surface area (Å²) in [5.41, 5.74) is 0.0281. The zero-order chi connectivity index (χ0) is 54.8. The van der Waals surface area contributed by atoms with Gasteiger partial charge in [-0.2, -0.15) is 0 Å². The van der Waals surface area contributed by atoms with Crippen LogP contribution in [0.25, 0.3) is 0 Å². The third-order valence-corrected chi connectivity index (χ3v) is 12.2. The monoisotopic (exact) mass is 1010 g/mol. The molecule has 0 saturated carbocycles. The van der Waals surface area contributed by atoms with Gasteiger partial charge in [0.15, 0.2) is 0 Å². The lowest BCUT2D eigenvalue weighted by Gasteiger charge is -2.33. The standard InChI is InChI=1S/C53H88N8O11/c1-29(2)25-37(45(63)57-42(32(7)8)49(67)60-44(34(11)12)51(69)71-16)55-40(62)28-36(27-35-21-18-17-19-22-35)54-47(65)39-23-20-24-61(39)50(68)43(33(9)10)59-48(66)41(31(5)6)58-46(64)38(26-30(3)4)56-52(70)72-53(13,14)15/h17-19,21-22,29-34,36-39,41-44H,20,23-28H2,1-16H3,(H,54,65)(H,55,62)(H,56,70)(H,57,63)(H,58,64)(H,59,66)(H,60,67)/t36-,37-,38-,39+,41-,42-,43-,44-/m0/s1. The van der Waals surface area contributed by atoms with Gasteiger partial charge in [-0.1, -0.05) is 113 Å². The molecule has 1 aromatic carbocycles. The van der Waals surface area contributed by atoms with Gasteiger partial charge in [-0.15, -0.1) is 0 Å². The molecule has 0 unspecified atom stereocenters. The second-order valence-electron chi connectivity index (χ2n) is 22.3. The molecule has 8 amide bonds. The van der Waals surface area contributed by atoms with E-state index >= 15 is 0 Å². The summed E-state index contributed by atoms with van der Waals surface area (Å²) in [6, 6.07) is 1.36. The van der Waals surface area contributed by atoms with E-state index in [0.29, 0.717) is 12.8 Å². The minimum atomic E-state index is -1.08. The topological polar surface area (TPSA) is 260 Å². The Morgan fingerprint density at radius 2 is 1.06 bits per heavy atom. The average Bonchev–Trinajstić information content (AvgIpc) is 3.76. The van der Waals surface area contributed by atoms with E-state index in [1.54, 1.807) is 76.2 Å². The van der Waals surface area contributed by atoms with E-state index in [1.807, 2.05) is 58.0 Å². The molecular weight excluding hydrogens is 925 g/mol. The number of ether oxygens (including phenoxy) is 2. The lowest BCUT2D eigenvalue weighted by Crippen LogP contribution is -2.60. The van der Waals surface area contributed by atoms with E-state index in [-0.39, 0.29) is 55.9 Å². The number of carbonyl (C=O) groups excluding carboxylic acids is 9. The van der Waals surface area contributed by atoms with E-state index in [9.17, 15) is 43.2 Å². The van der Waals surface area contributed by atoms with Gasteiger partial charge in [-0.25, -0.2) is 9.59 Å². The van der Waals surface area contributed by atoms with E-state index < -0.39 is 119 Å². The number of hydrogen-bond acceptors (Lipinski definition) is 11. The van der Waals surface area contributed by atoms with Crippen LogP contribution in [0.3, 0.4) is 0 Å². The highest BCUT2D eigenvalue weighted by atomic mass is 16.6. The van der Waals surface area contributed by atoms with Crippen molar-refractivity contribution in [2.45, 2.75) is 196 Å². The Labute approximate surface area is 428 Å². The molecule has 0 aromatic heterocycles. The summed E-state index contributed by atoms with van der Waals surface area (Å²) >= 11 is 0. The summed E-state index contributed by atoms with van der Waals surface area (Å²) < 4.78 is 10.3. The SMILES string of the molecule is COC(=O)[C@@H](NC(=O)[C@@H](NC(=O)[C@H](CC(C)C)NC(=O)C[C@H](Cc1ccccc1)NC(=O)[C@H]1CCCN1C(=O)[C@@H](NC(=O)[C@@H](NC(=O)[C@H](CC(C)C)NC(=O)OC(C)(C)C)C(C)C)C(C)C)C(C)C)C(C)C. The molecule has 2 rings (SSSR count). The predicted octanol–water partition coefficient (Wildman–Crippen LogP) is 4.30. The Balaban J connectivity index is 2.33. The van der Waals surface area contributed by atoms with Crippen LogP contribution in [-0.2, 0) is 54.3 Å². The summed E-state index contributed by atoms with van der Waals surface area (Å²) in [7, 11) is 1.23. The minimum Gasteiger partial charge on any atom is -0.467 e.